The zero-order valence-electron chi connectivity index (χ0n) is 11.6. The van der Waals surface area contributed by atoms with Gasteiger partial charge in [0.05, 0.1) is 6.04 Å². The number of rotatable bonds is 3. The molecule has 0 saturated carbocycles. The second-order valence-electron chi connectivity index (χ2n) is 4.82. The van der Waals surface area contributed by atoms with Gasteiger partial charge in [-0.2, -0.15) is 0 Å². The summed E-state index contributed by atoms with van der Waals surface area (Å²) in [6.45, 7) is 4.04. The van der Waals surface area contributed by atoms with E-state index < -0.39 is 0 Å². The third kappa shape index (κ3) is 2.90. The highest BCUT2D eigenvalue weighted by Gasteiger charge is 2.21. The van der Waals surface area contributed by atoms with Gasteiger partial charge in [-0.1, -0.05) is 39.7 Å². The Balaban J connectivity index is 2.62. The molecular formula is C16H16BrClFN. The smallest absolute Gasteiger partial charge is 0.129 e. The van der Waals surface area contributed by atoms with Gasteiger partial charge in [0.15, 0.2) is 0 Å². The van der Waals surface area contributed by atoms with Crippen LogP contribution in [0.1, 0.15) is 28.3 Å². The van der Waals surface area contributed by atoms with Crippen LogP contribution in [0.15, 0.2) is 34.8 Å². The summed E-state index contributed by atoms with van der Waals surface area (Å²) in [6.07, 6.45) is 0. The molecule has 20 heavy (non-hydrogen) atoms. The monoisotopic (exact) mass is 355 g/mol. The standard InChI is InChI=1S/C16H16BrClFN/c1-9-7-11(13(18)8-10(9)2)16(20-3)15-12(17)5-4-6-14(15)19/h4-8,16,20H,1-3H3. The average Bonchev–Trinajstić information content (AvgIpc) is 2.39. The molecule has 0 aliphatic heterocycles. The first-order chi connectivity index (χ1) is 9.45. The van der Waals surface area contributed by atoms with Gasteiger partial charge in [-0.15, -0.1) is 0 Å². The Morgan fingerprint density at radius 2 is 1.85 bits per heavy atom. The van der Waals surface area contributed by atoms with Crippen molar-refractivity contribution in [3.63, 3.8) is 0 Å². The largest absolute Gasteiger partial charge is 0.309 e. The lowest BCUT2D eigenvalue weighted by Crippen LogP contribution is -2.20. The Labute approximate surface area is 132 Å². The molecule has 0 fully saturated rings. The number of halogens is 3. The normalized spacial score (nSPS) is 12.5. The first kappa shape index (κ1) is 15.5. The van der Waals surface area contributed by atoms with Crippen LogP contribution >= 0.6 is 27.5 Å². The third-order valence-corrected chi connectivity index (χ3v) is 4.52. The first-order valence-corrected chi connectivity index (χ1v) is 7.50. The highest BCUT2D eigenvalue weighted by molar-refractivity contribution is 9.10. The molecule has 2 aromatic rings. The summed E-state index contributed by atoms with van der Waals surface area (Å²) in [4.78, 5) is 0. The summed E-state index contributed by atoms with van der Waals surface area (Å²) in [5.74, 6) is -0.256. The SMILES string of the molecule is CNC(c1cc(C)c(C)cc1Cl)c1c(F)cccc1Br. The minimum Gasteiger partial charge on any atom is -0.309 e. The van der Waals surface area contributed by atoms with Gasteiger partial charge in [-0.05, 0) is 55.8 Å². The molecule has 0 spiro atoms. The van der Waals surface area contributed by atoms with Crippen molar-refractivity contribution in [3.8, 4) is 0 Å². The van der Waals surface area contributed by atoms with Crippen LogP contribution in [0.3, 0.4) is 0 Å². The molecule has 0 aliphatic rings. The van der Waals surface area contributed by atoms with Gasteiger partial charge in [-0.25, -0.2) is 4.39 Å². The van der Waals surface area contributed by atoms with Crippen LogP contribution < -0.4 is 5.32 Å². The summed E-state index contributed by atoms with van der Waals surface area (Å²) in [7, 11) is 1.80. The van der Waals surface area contributed by atoms with Gasteiger partial charge in [0.25, 0.3) is 0 Å². The van der Waals surface area contributed by atoms with Gasteiger partial charge in [0, 0.05) is 15.1 Å². The Morgan fingerprint density at radius 3 is 2.45 bits per heavy atom. The summed E-state index contributed by atoms with van der Waals surface area (Å²) >= 11 is 9.77. The lowest BCUT2D eigenvalue weighted by Gasteiger charge is -2.21. The van der Waals surface area contributed by atoms with Crippen molar-refractivity contribution in [3.05, 3.63) is 67.9 Å². The summed E-state index contributed by atoms with van der Waals surface area (Å²) in [6, 6.07) is 8.61. The predicted octanol–water partition coefficient (Wildman–Crippen LogP) is 5.17. The van der Waals surface area contributed by atoms with E-state index in [1.54, 1.807) is 13.1 Å². The minimum absolute atomic E-state index is 0.256. The van der Waals surface area contributed by atoms with E-state index in [2.05, 4.69) is 21.2 Å². The second-order valence-corrected chi connectivity index (χ2v) is 6.08. The van der Waals surface area contributed by atoms with E-state index in [0.29, 0.717) is 10.6 Å². The van der Waals surface area contributed by atoms with Crippen LogP contribution in [0.5, 0.6) is 0 Å². The summed E-state index contributed by atoms with van der Waals surface area (Å²) in [5.41, 5.74) is 3.71. The molecule has 0 aromatic heterocycles. The van der Waals surface area contributed by atoms with Crippen molar-refractivity contribution in [1.29, 1.82) is 0 Å². The molecule has 4 heteroatoms. The molecule has 106 valence electrons. The Hall–Kier alpha value is -0.900. The molecule has 0 radical (unpaired) electrons. The summed E-state index contributed by atoms with van der Waals surface area (Å²) in [5, 5.41) is 3.79. The van der Waals surface area contributed by atoms with Crippen molar-refractivity contribution in [2.75, 3.05) is 7.05 Å². The Kier molecular flexibility index (Phi) is 4.84. The van der Waals surface area contributed by atoms with Crippen LogP contribution in [0.4, 0.5) is 4.39 Å². The molecule has 0 amide bonds. The van der Waals surface area contributed by atoms with Gasteiger partial charge >= 0.3 is 0 Å². The first-order valence-electron chi connectivity index (χ1n) is 6.33. The maximum absolute atomic E-state index is 14.2. The van der Waals surface area contributed by atoms with Crippen LogP contribution in [-0.4, -0.2) is 7.05 Å². The molecule has 0 saturated heterocycles. The molecule has 0 heterocycles. The van der Waals surface area contributed by atoms with Crippen LogP contribution in [0.25, 0.3) is 0 Å². The molecule has 2 aromatic carbocycles. The number of hydrogen-bond donors (Lipinski definition) is 1. The topological polar surface area (TPSA) is 12.0 Å². The lowest BCUT2D eigenvalue weighted by atomic mass is 9.95. The minimum atomic E-state index is -0.294. The molecule has 1 unspecified atom stereocenters. The van der Waals surface area contributed by atoms with Crippen molar-refractivity contribution >= 4 is 27.5 Å². The van der Waals surface area contributed by atoms with E-state index in [9.17, 15) is 4.39 Å². The highest BCUT2D eigenvalue weighted by Crippen LogP contribution is 2.35. The predicted molar refractivity (Wildman–Crippen MR) is 85.9 cm³/mol. The highest BCUT2D eigenvalue weighted by atomic mass is 79.9. The zero-order chi connectivity index (χ0) is 14.9. The van der Waals surface area contributed by atoms with Crippen LogP contribution in [0, 0.1) is 19.7 Å². The number of benzene rings is 2. The van der Waals surface area contributed by atoms with E-state index in [0.717, 1.165) is 21.2 Å². The zero-order valence-corrected chi connectivity index (χ0v) is 13.9. The molecule has 2 rings (SSSR count). The Bertz CT molecular complexity index is 622. The van der Waals surface area contributed by atoms with Gasteiger partial charge in [0.1, 0.15) is 5.82 Å². The molecule has 0 bridgehead atoms. The van der Waals surface area contributed by atoms with Gasteiger partial charge in [0.2, 0.25) is 0 Å². The average molecular weight is 357 g/mol. The van der Waals surface area contributed by atoms with Gasteiger partial charge in [-0.3, -0.25) is 0 Å². The van der Waals surface area contributed by atoms with Crippen molar-refractivity contribution < 1.29 is 4.39 Å². The van der Waals surface area contributed by atoms with E-state index in [1.165, 1.54) is 6.07 Å². The lowest BCUT2D eigenvalue weighted by molar-refractivity contribution is 0.574. The maximum Gasteiger partial charge on any atom is 0.129 e. The quantitative estimate of drug-likeness (QED) is 0.800. The fourth-order valence-corrected chi connectivity index (χ4v) is 3.16. The van der Waals surface area contributed by atoms with Crippen molar-refractivity contribution in [1.82, 2.24) is 5.32 Å². The fraction of sp³-hybridized carbons (Fsp3) is 0.250. The van der Waals surface area contributed by atoms with E-state index >= 15 is 0 Å². The molecule has 1 atom stereocenters. The third-order valence-electron chi connectivity index (χ3n) is 3.50. The van der Waals surface area contributed by atoms with Gasteiger partial charge < -0.3 is 5.32 Å². The molecule has 0 aliphatic carbocycles. The van der Waals surface area contributed by atoms with Crippen molar-refractivity contribution in [2.45, 2.75) is 19.9 Å². The second kappa shape index (κ2) is 6.25. The maximum atomic E-state index is 14.2. The Morgan fingerprint density at radius 1 is 1.20 bits per heavy atom. The van der Waals surface area contributed by atoms with E-state index in [1.807, 2.05) is 32.0 Å². The fourth-order valence-electron chi connectivity index (χ4n) is 2.27. The van der Waals surface area contributed by atoms with E-state index in [4.69, 9.17) is 11.6 Å². The molecule has 1 N–H and O–H groups in total. The van der Waals surface area contributed by atoms with E-state index in [-0.39, 0.29) is 11.9 Å². The number of nitrogens with one attached hydrogen (secondary N) is 1. The van der Waals surface area contributed by atoms with Crippen LogP contribution in [0.2, 0.25) is 5.02 Å². The molecular weight excluding hydrogens is 341 g/mol. The van der Waals surface area contributed by atoms with Crippen LogP contribution in [-0.2, 0) is 0 Å². The summed E-state index contributed by atoms with van der Waals surface area (Å²) < 4.78 is 14.9. The number of hydrogen-bond acceptors (Lipinski definition) is 1. The molecule has 1 nitrogen and oxygen atoms in total. The van der Waals surface area contributed by atoms with Crippen molar-refractivity contribution in [2.24, 2.45) is 0 Å². The number of aryl methyl sites for hydroxylation is 2.